The second kappa shape index (κ2) is 5.99. The Balaban J connectivity index is 1.81. The molecule has 1 aromatic carbocycles. The van der Waals surface area contributed by atoms with Gasteiger partial charge in [-0.15, -0.1) is 0 Å². The topological polar surface area (TPSA) is 111 Å². The Morgan fingerprint density at radius 3 is 2.91 bits per heavy atom. The van der Waals surface area contributed by atoms with E-state index in [1.807, 2.05) is 0 Å². The van der Waals surface area contributed by atoms with Crippen LogP contribution in [0.25, 0.3) is 0 Å². The van der Waals surface area contributed by atoms with Crippen LogP contribution in [0.3, 0.4) is 0 Å². The maximum atomic E-state index is 12.1. The van der Waals surface area contributed by atoms with Gasteiger partial charge < -0.3 is 24.4 Å². The summed E-state index contributed by atoms with van der Waals surface area (Å²) in [6, 6.07) is 5.12. The SMILES string of the molecule is COc1cc(C(=O)NC(C(=O)O)c2ccc3c(c2)CCO3)on1. The van der Waals surface area contributed by atoms with E-state index in [0.717, 1.165) is 11.3 Å². The number of amides is 1. The number of ether oxygens (including phenoxy) is 2. The van der Waals surface area contributed by atoms with E-state index in [-0.39, 0.29) is 11.6 Å². The summed E-state index contributed by atoms with van der Waals surface area (Å²) in [7, 11) is 1.38. The predicted molar refractivity (Wildman–Crippen MR) is 76.5 cm³/mol. The van der Waals surface area contributed by atoms with Gasteiger partial charge in [0.05, 0.1) is 19.8 Å². The molecule has 1 atom stereocenters. The van der Waals surface area contributed by atoms with Crippen LogP contribution in [0.1, 0.15) is 27.7 Å². The summed E-state index contributed by atoms with van der Waals surface area (Å²) in [6.07, 6.45) is 0.711. The van der Waals surface area contributed by atoms with E-state index >= 15 is 0 Å². The van der Waals surface area contributed by atoms with E-state index in [4.69, 9.17) is 14.0 Å². The molecule has 3 rings (SSSR count). The van der Waals surface area contributed by atoms with Crippen molar-refractivity contribution in [2.75, 3.05) is 13.7 Å². The number of carbonyl (C=O) groups excluding carboxylic acids is 1. The number of hydrogen-bond acceptors (Lipinski definition) is 6. The van der Waals surface area contributed by atoms with Gasteiger partial charge in [0.2, 0.25) is 5.76 Å². The monoisotopic (exact) mass is 318 g/mol. The van der Waals surface area contributed by atoms with Gasteiger partial charge >= 0.3 is 5.97 Å². The Morgan fingerprint density at radius 1 is 1.39 bits per heavy atom. The fraction of sp³-hybridized carbons (Fsp3) is 0.267. The quantitative estimate of drug-likeness (QED) is 0.851. The molecule has 0 spiro atoms. The van der Waals surface area contributed by atoms with Crippen molar-refractivity contribution in [3.63, 3.8) is 0 Å². The number of aliphatic carboxylic acids is 1. The number of nitrogens with zero attached hydrogens (tertiary/aromatic N) is 1. The van der Waals surface area contributed by atoms with Crippen LogP contribution in [0.2, 0.25) is 0 Å². The van der Waals surface area contributed by atoms with Gasteiger partial charge in [-0.2, -0.15) is 0 Å². The molecule has 8 heteroatoms. The second-order valence-corrected chi connectivity index (χ2v) is 4.94. The standard InChI is InChI=1S/C15H14N2O6/c1-21-12-7-11(23-17-12)14(18)16-13(15(19)20)9-2-3-10-8(6-9)4-5-22-10/h2-3,6-7,13H,4-5H2,1H3,(H,16,18)(H,19,20). The molecule has 2 N–H and O–H groups in total. The van der Waals surface area contributed by atoms with Crippen LogP contribution in [-0.2, 0) is 11.2 Å². The van der Waals surface area contributed by atoms with Crippen molar-refractivity contribution in [1.29, 1.82) is 0 Å². The zero-order chi connectivity index (χ0) is 16.4. The molecular formula is C15H14N2O6. The lowest BCUT2D eigenvalue weighted by Gasteiger charge is -2.14. The lowest BCUT2D eigenvalue weighted by molar-refractivity contribution is -0.139. The number of rotatable bonds is 5. The van der Waals surface area contributed by atoms with Gasteiger partial charge in [-0.25, -0.2) is 4.79 Å². The van der Waals surface area contributed by atoms with Crippen LogP contribution in [0, 0.1) is 0 Å². The van der Waals surface area contributed by atoms with Gasteiger partial charge in [0.1, 0.15) is 5.75 Å². The lowest BCUT2D eigenvalue weighted by atomic mass is 10.0. The van der Waals surface area contributed by atoms with E-state index in [1.165, 1.54) is 13.2 Å². The first-order valence-electron chi connectivity index (χ1n) is 6.88. The van der Waals surface area contributed by atoms with E-state index in [0.29, 0.717) is 18.6 Å². The van der Waals surface area contributed by atoms with Gasteiger partial charge in [0, 0.05) is 6.42 Å². The molecule has 8 nitrogen and oxygen atoms in total. The Morgan fingerprint density at radius 2 is 2.22 bits per heavy atom. The zero-order valence-electron chi connectivity index (χ0n) is 12.2. The fourth-order valence-electron chi connectivity index (χ4n) is 2.34. The maximum Gasteiger partial charge on any atom is 0.330 e. The van der Waals surface area contributed by atoms with Crippen molar-refractivity contribution in [1.82, 2.24) is 10.5 Å². The smallest absolute Gasteiger partial charge is 0.330 e. The number of fused-ring (bicyclic) bond motifs is 1. The number of benzene rings is 1. The van der Waals surface area contributed by atoms with Crippen molar-refractivity contribution in [3.05, 3.63) is 41.2 Å². The Kier molecular flexibility index (Phi) is 3.88. The number of carboxylic acids is 1. The highest BCUT2D eigenvalue weighted by molar-refractivity contribution is 5.94. The highest BCUT2D eigenvalue weighted by Gasteiger charge is 2.26. The second-order valence-electron chi connectivity index (χ2n) is 4.94. The van der Waals surface area contributed by atoms with Crippen molar-refractivity contribution in [2.24, 2.45) is 0 Å². The number of hydrogen-bond donors (Lipinski definition) is 2. The molecule has 2 aromatic rings. The van der Waals surface area contributed by atoms with Gasteiger partial charge in [-0.05, 0) is 28.4 Å². The summed E-state index contributed by atoms with van der Waals surface area (Å²) in [4.78, 5) is 23.6. The number of methoxy groups -OCH3 is 1. The minimum Gasteiger partial charge on any atom is -0.493 e. The molecule has 0 radical (unpaired) electrons. The first-order valence-corrected chi connectivity index (χ1v) is 6.88. The van der Waals surface area contributed by atoms with Gasteiger partial charge in [0.15, 0.2) is 6.04 Å². The van der Waals surface area contributed by atoms with E-state index in [9.17, 15) is 14.7 Å². The number of carboxylic acid groups (broad SMARTS) is 1. The molecule has 23 heavy (non-hydrogen) atoms. The van der Waals surface area contributed by atoms with Gasteiger partial charge in [-0.1, -0.05) is 6.07 Å². The number of carbonyl (C=O) groups is 2. The summed E-state index contributed by atoms with van der Waals surface area (Å²) >= 11 is 0. The van der Waals surface area contributed by atoms with Crippen molar-refractivity contribution >= 4 is 11.9 Å². The first kappa shape index (κ1) is 14.9. The Bertz CT molecular complexity index is 754. The van der Waals surface area contributed by atoms with Crippen LogP contribution < -0.4 is 14.8 Å². The van der Waals surface area contributed by atoms with Crippen LogP contribution in [0.15, 0.2) is 28.8 Å². The fourth-order valence-corrected chi connectivity index (χ4v) is 2.34. The van der Waals surface area contributed by atoms with E-state index in [2.05, 4.69) is 10.5 Å². The van der Waals surface area contributed by atoms with Crippen molar-refractivity contribution in [3.8, 4) is 11.6 Å². The molecule has 120 valence electrons. The summed E-state index contributed by atoms with van der Waals surface area (Å²) in [5.74, 6) is -1.12. The third-order valence-corrected chi connectivity index (χ3v) is 3.49. The first-order chi connectivity index (χ1) is 11.1. The molecule has 0 bridgehead atoms. The van der Waals surface area contributed by atoms with Gasteiger partial charge in [0.25, 0.3) is 11.8 Å². The number of nitrogens with one attached hydrogen (secondary N) is 1. The summed E-state index contributed by atoms with van der Waals surface area (Å²) in [6.45, 7) is 0.570. The molecule has 1 aromatic heterocycles. The Labute approximate surface area is 131 Å². The van der Waals surface area contributed by atoms with E-state index in [1.54, 1.807) is 18.2 Å². The van der Waals surface area contributed by atoms with E-state index < -0.39 is 17.9 Å². The maximum absolute atomic E-state index is 12.1. The molecule has 0 saturated carbocycles. The molecule has 0 fully saturated rings. The lowest BCUT2D eigenvalue weighted by Crippen LogP contribution is -2.33. The van der Waals surface area contributed by atoms with Crippen LogP contribution in [0.4, 0.5) is 0 Å². The summed E-state index contributed by atoms with van der Waals surface area (Å²) < 4.78 is 15.0. The normalized spacial score (nSPS) is 13.8. The molecule has 1 unspecified atom stereocenters. The highest BCUT2D eigenvalue weighted by atomic mass is 16.5. The molecule has 1 amide bonds. The van der Waals surface area contributed by atoms with Gasteiger partial charge in [-0.3, -0.25) is 4.79 Å². The average molecular weight is 318 g/mol. The molecule has 1 aliphatic heterocycles. The largest absolute Gasteiger partial charge is 0.493 e. The minimum atomic E-state index is -1.20. The summed E-state index contributed by atoms with van der Waals surface area (Å²) in [5.41, 5.74) is 1.38. The minimum absolute atomic E-state index is 0.127. The number of aromatic nitrogens is 1. The predicted octanol–water partition coefficient (Wildman–Crippen LogP) is 1.17. The van der Waals surface area contributed by atoms with Crippen LogP contribution in [-0.4, -0.2) is 35.9 Å². The van der Waals surface area contributed by atoms with Crippen molar-refractivity contribution < 1.29 is 28.7 Å². The average Bonchev–Trinajstić information content (AvgIpc) is 3.19. The van der Waals surface area contributed by atoms with Crippen LogP contribution in [0.5, 0.6) is 11.6 Å². The molecule has 2 heterocycles. The van der Waals surface area contributed by atoms with Crippen LogP contribution >= 0.6 is 0 Å². The highest BCUT2D eigenvalue weighted by Crippen LogP contribution is 2.28. The summed E-state index contributed by atoms with van der Waals surface area (Å²) in [5, 5.41) is 15.3. The Hall–Kier alpha value is -3.03. The molecular weight excluding hydrogens is 304 g/mol. The molecule has 0 aliphatic carbocycles. The molecule has 0 saturated heterocycles. The zero-order valence-corrected chi connectivity index (χ0v) is 12.2. The third kappa shape index (κ3) is 2.96. The molecule has 1 aliphatic rings. The third-order valence-electron chi connectivity index (χ3n) is 3.49. The van der Waals surface area contributed by atoms with Crippen molar-refractivity contribution in [2.45, 2.75) is 12.5 Å².